The molecule has 0 aromatic heterocycles. The number of fused-ring (bicyclic) bond motifs is 1. The van der Waals surface area contributed by atoms with Crippen LogP contribution in [-0.2, 0) is 32.5 Å². The molecule has 1 aromatic rings. The van der Waals surface area contributed by atoms with E-state index in [0.717, 1.165) is 11.1 Å². The van der Waals surface area contributed by atoms with Crippen molar-refractivity contribution in [3.63, 3.8) is 0 Å². The second kappa shape index (κ2) is 7.85. The SMILES string of the molecule is O=S1(=O)CC#CCOCc2ccccc2COCC#CC1. The molecule has 0 amide bonds. The Kier molecular flexibility index (Phi) is 5.83. The van der Waals surface area contributed by atoms with Gasteiger partial charge in [0, 0.05) is 0 Å². The van der Waals surface area contributed by atoms with Gasteiger partial charge in [0.2, 0.25) is 0 Å². The van der Waals surface area contributed by atoms with E-state index in [0.29, 0.717) is 13.2 Å². The van der Waals surface area contributed by atoms with E-state index in [4.69, 9.17) is 9.47 Å². The van der Waals surface area contributed by atoms with E-state index in [1.54, 1.807) is 0 Å². The molecule has 0 aliphatic carbocycles. The standard InChI is InChI=1S/C16H16O4S/c17-21(18)11-5-3-9-19-13-15-7-1-2-8-16(15)14-20-10-4-6-12-21/h1-2,7-8H,9-14H2. The number of ether oxygens (including phenoxy) is 2. The van der Waals surface area contributed by atoms with Crippen molar-refractivity contribution in [3.8, 4) is 23.7 Å². The van der Waals surface area contributed by atoms with Crippen LogP contribution in [0.5, 0.6) is 0 Å². The number of sulfone groups is 1. The van der Waals surface area contributed by atoms with Gasteiger partial charge in [0.1, 0.15) is 24.7 Å². The van der Waals surface area contributed by atoms with Crippen molar-refractivity contribution < 1.29 is 17.9 Å². The second-order valence-electron chi connectivity index (χ2n) is 4.49. The third-order valence-electron chi connectivity index (χ3n) is 2.82. The molecule has 1 aliphatic heterocycles. The van der Waals surface area contributed by atoms with Crippen molar-refractivity contribution in [2.45, 2.75) is 13.2 Å². The summed E-state index contributed by atoms with van der Waals surface area (Å²) in [5, 5.41) is 0. The summed E-state index contributed by atoms with van der Waals surface area (Å²) in [6.07, 6.45) is 0. The van der Waals surface area contributed by atoms with Crippen LogP contribution >= 0.6 is 0 Å². The summed E-state index contributed by atoms with van der Waals surface area (Å²) in [5.74, 6) is 10.3. The molecule has 0 atom stereocenters. The predicted octanol–water partition coefficient (Wildman–Crippen LogP) is 1.16. The molecule has 1 heterocycles. The van der Waals surface area contributed by atoms with Crippen molar-refractivity contribution >= 4 is 9.84 Å². The normalized spacial score (nSPS) is 18.7. The van der Waals surface area contributed by atoms with Crippen LogP contribution in [0.2, 0.25) is 0 Å². The Morgan fingerprint density at radius 3 is 1.76 bits per heavy atom. The molecule has 0 radical (unpaired) electrons. The van der Waals surface area contributed by atoms with Crippen LogP contribution in [0.25, 0.3) is 0 Å². The topological polar surface area (TPSA) is 52.6 Å². The molecule has 110 valence electrons. The van der Waals surface area contributed by atoms with E-state index in [1.807, 2.05) is 24.3 Å². The van der Waals surface area contributed by atoms with Crippen LogP contribution in [0.1, 0.15) is 11.1 Å². The molecule has 1 aromatic carbocycles. The predicted molar refractivity (Wildman–Crippen MR) is 80.0 cm³/mol. The van der Waals surface area contributed by atoms with Crippen molar-refractivity contribution in [1.29, 1.82) is 0 Å². The van der Waals surface area contributed by atoms with Crippen LogP contribution in [0.3, 0.4) is 0 Å². The fourth-order valence-corrected chi connectivity index (χ4v) is 2.48. The first-order valence-electron chi connectivity index (χ1n) is 6.51. The molecule has 0 fully saturated rings. The zero-order valence-electron chi connectivity index (χ0n) is 11.6. The Bertz CT molecular complexity index is 644. The van der Waals surface area contributed by atoms with Gasteiger partial charge >= 0.3 is 0 Å². The van der Waals surface area contributed by atoms with Crippen molar-refractivity contribution in [3.05, 3.63) is 35.4 Å². The van der Waals surface area contributed by atoms with Crippen LogP contribution in [-0.4, -0.2) is 33.1 Å². The van der Waals surface area contributed by atoms with Crippen LogP contribution < -0.4 is 0 Å². The van der Waals surface area contributed by atoms with E-state index in [-0.39, 0.29) is 24.7 Å². The lowest BCUT2D eigenvalue weighted by molar-refractivity contribution is 0.138. The zero-order valence-corrected chi connectivity index (χ0v) is 12.4. The second-order valence-corrected chi connectivity index (χ2v) is 6.56. The largest absolute Gasteiger partial charge is 0.364 e. The monoisotopic (exact) mass is 304 g/mol. The van der Waals surface area contributed by atoms with Crippen LogP contribution in [0.4, 0.5) is 0 Å². The molecular formula is C16H16O4S. The van der Waals surface area contributed by atoms with Gasteiger partial charge in [-0.1, -0.05) is 47.9 Å². The molecule has 21 heavy (non-hydrogen) atoms. The van der Waals surface area contributed by atoms with Crippen molar-refractivity contribution in [2.75, 3.05) is 24.7 Å². The molecule has 0 N–H and O–H groups in total. The summed E-state index contributed by atoms with van der Waals surface area (Å²) in [6.45, 7) is 1.26. The van der Waals surface area contributed by atoms with Gasteiger partial charge in [-0.05, 0) is 11.1 Å². The minimum Gasteiger partial charge on any atom is -0.364 e. The van der Waals surface area contributed by atoms with Gasteiger partial charge in [-0.15, -0.1) is 0 Å². The van der Waals surface area contributed by atoms with Gasteiger partial charge in [0.05, 0.1) is 13.2 Å². The van der Waals surface area contributed by atoms with Gasteiger partial charge in [0.15, 0.2) is 9.84 Å². The molecule has 4 nitrogen and oxygen atoms in total. The molecule has 2 rings (SSSR count). The highest BCUT2D eigenvalue weighted by Crippen LogP contribution is 2.11. The van der Waals surface area contributed by atoms with Crippen molar-refractivity contribution in [1.82, 2.24) is 0 Å². The van der Waals surface area contributed by atoms with Crippen LogP contribution in [0.15, 0.2) is 24.3 Å². The third-order valence-corrected chi connectivity index (χ3v) is 3.98. The first kappa shape index (κ1) is 15.6. The Morgan fingerprint density at radius 2 is 1.29 bits per heavy atom. The summed E-state index contributed by atoms with van der Waals surface area (Å²) in [4.78, 5) is 0. The van der Waals surface area contributed by atoms with Gasteiger partial charge in [-0.25, -0.2) is 8.42 Å². The van der Waals surface area contributed by atoms with E-state index in [2.05, 4.69) is 23.7 Å². The van der Waals surface area contributed by atoms with Gasteiger partial charge < -0.3 is 9.47 Å². The molecule has 1 aliphatic rings. The minimum absolute atomic E-state index is 0.192. The lowest BCUT2D eigenvalue weighted by atomic mass is 10.1. The van der Waals surface area contributed by atoms with Gasteiger partial charge in [-0.2, -0.15) is 0 Å². The first-order valence-corrected chi connectivity index (χ1v) is 8.34. The Morgan fingerprint density at radius 1 is 0.810 bits per heavy atom. The summed E-state index contributed by atoms with van der Waals surface area (Å²) < 4.78 is 34.1. The number of rotatable bonds is 0. The van der Waals surface area contributed by atoms with Gasteiger partial charge in [0.25, 0.3) is 0 Å². The zero-order chi connectivity index (χ0) is 15.0. The molecule has 0 saturated heterocycles. The van der Waals surface area contributed by atoms with E-state index in [1.165, 1.54) is 0 Å². The molecule has 5 heteroatoms. The Balaban J connectivity index is 2.10. The highest BCUT2D eigenvalue weighted by atomic mass is 32.2. The van der Waals surface area contributed by atoms with Crippen molar-refractivity contribution in [2.24, 2.45) is 0 Å². The number of benzene rings is 1. The quantitative estimate of drug-likeness (QED) is 0.675. The van der Waals surface area contributed by atoms with Crippen LogP contribution in [0, 0.1) is 23.7 Å². The maximum absolute atomic E-state index is 11.6. The first-order chi connectivity index (χ1) is 10.2. The fourth-order valence-electron chi connectivity index (χ4n) is 1.74. The third kappa shape index (κ3) is 5.61. The lowest BCUT2D eigenvalue weighted by Gasteiger charge is -2.08. The van der Waals surface area contributed by atoms with E-state index < -0.39 is 9.84 Å². The summed E-state index contributed by atoms with van der Waals surface area (Å²) >= 11 is 0. The Hall–Kier alpha value is -1.79. The van der Waals surface area contributed by atoms with E-state index in [9.17, 15) is 8.42 Å². The molecular weight excluding hydrogens is 288 g/mol. The maximum atomic E-state index is 11.6. The highest BCUT2D eigenvalue weighted by molar-refractivity contribution is 7.91. The molecule has 0 spiro atoms. The molecule has 0 unspecified atom stereocenters. The van der Waals surface area contributed by atoms with Gasteiger partial charge in [-0.3, -0.25) is 0 Å². The highest BCUT2D eigenvalue weighted by Gasteiger charge is 2.06. The molecule has 0 saturated carbocycles. The number of hydrogen-bond donors (Lipinski definition) is 0. The summed E-state index contributed by atoms with van der Waals surface area (Å²) in [6, 6.07) is 7.82. The lowest BCUT2D eigenvalue weighted by Crippen LogP contribution is -2.08. The molecule has 0 bridgehead atoms. The Labute approximate surface area is 125 Å². The van der Waals surface area contributed by atoms with E-state index >= 15 is 0 Å². The maximum Gasteiger partial charge on any atom is 0.172 e. The average Bonchev–Trinajstić information content (AvgIpc) is 2.47. The average molecular weight is 304 g/mol. The number of hydrogen-bond acceptors (Lipinski definition) is 4. The fraction of sp³-hybridized carbons (Fsp3) is 0.375. The minimum atomic E-state index is -3.25. The smallest absolute Gasteiger partial charge is 0.172 e. The summed E-state index contributed by atoms with van der Waals surface area (Å²) in [7, 11) is -3.25. The summed E-state index contributed by atoms with van der Waals surface area (Å²) in [5.41, 5.74) is 2.07.